The molecular weight excluding hydrogens is 214 g/mol. The highest BCUT2D eigenvalue weighted by Crippen LogP contribution is 2.27. The van der Waals surface area contributed by atoms with E-state index in [0.717, 1.165) is 6.54 Å². The van der Waals surface area contributed by atoms with Crippen molar-refractivity contribution in [2.45, 2.75) is 33.2 Å². The van der Waals surface area contributed by atoms with Crippen LogP contribution in [0.5, 0.6) is 0 Å². The van der Waals surface area contributed by atoms with Crippen molar-refractivity contribution in [2.75, 3.05) is 17.2 Å². The lowest BCUT2D eigenvalue weighted by Crippen LogP contribution is -2.27. The average Bonchev–Trinajstić information content (AvgIpc) is 2.10. The molecule has 0 fully saturated rings. The number of halogens is 1. The molecule has 0 unspecified atom stereocenters. The number of hydrogen-bond acceptors (Lipinski definition) is 5. The molecule has 0 bridgehead atoms. The first-order valence-corrected chi connectivity index (χ1v) is 5.22. The van der Waals surface area contributed by atoms with Gasteiger partial charge in [0.2, 0.25) is 0 Å². The summed E-state index contributed by atoms with van der Waals surface area (Å²) >= 11 is 5.96. The van der Waals surface area contributed by atoms with Crippen LogP contribution >= 0.6 is 11.6 Å². The second-order valence-corrected chi connectivity index (χ2v) is 4.57. The molecule has 84 valence electrons. The van der Waals surface area contributed by atoms with Crippen LogP contribution in [0.2, 0.25) is 5.15 Å². The molecule has 0 aliphatic rings. The molecule has 0 atom stereocenters. The van der Waals surface area contributed by atoms with Crippen LogP contribution in [0.15, 0.2) is 0 Å². The van der Waals surface area contributed by atoms with Gasteiger partial charge in [-0.15, -0.1) is 10.2 Å². The van der Waals surface area contributed by atoms with Crippen LogP contribution in [0.25, 0.3) is 0 Å². The van der Waals surface area contributed by atoms with E-state index in [-0.39, 0.29) is 5.54 Å². The van der Waals surface area contributed by atoms with Gasteiger partial charge >= 0.3 is 0 Å². The van der Waals surface area contributed by atoms with E-state index < -0.39 is 0 Å². The maximum absolute atomic E-state index is 5.96. The molecule has 2 N–H and O–H groups in total. The van der Waals surface area contributed by atoms with Crippen molar-refractivity contribution < 1.29 is 0 Å². The highest BCUT2D eigenvalue weighted by molar-refractivity contribution is 6.32. The zero-order chi connectivity index (χ0) is 11.5. The molecule has 0 aliphatic heterocycles. The summed E-state index contributed by atoms with van der Waals surface area (Å²) in [5.74, 6) is 0.632. The van der Waals surface area contributed by atoms with E-state index in [1.165, 1.54) is 0 Å². The lowest BCUT2D eigenvalue weighted by atomic mass is 10.1. The standard InChI is InChI=1S/C9H16ClN5/c1-5-11-8-6(12-9(2,3)4)7(10)13-15-14-8/h5H2,1-4H3,(H,12,15)(H,11,13,14). The van der Waals surface area contributed by atoms with E-state index >= 15 is 0 Å². The monoisotopic (exact) mass is 229 g/mol. The molecule has 0 saturated heterocycles. The lowest BCUT2D eigenvalue weighted by Gasteiger charge is -2.23. The predicted octanol–water partition coefficient (Wildman–Crippen LogP) is 2.17. The summed E-state index contributed by atoms with van der Waals surface area (Å²) in [5.41, 5.74) is 0.597. The number of anilines is 2. The minimum absolute atomic E-state index is 0.0987. The zero-order valence-electron chi connectivity index (χ0n) is 9.43. The summed E-state index contributed by atoms with van der Waals surface area (Å²) in [7, 11) is 0. The van der Waals surface area contributed by atoms with Gasteiger partial charge in [-0.2, -0.15) is 0 Å². The second-order valence-electron chi connectivity index (χ2n) is 4.21. The fourth-order valence-corrected chi connectivity index (χ4v) is 1.25. The fourth-order valence-electron chi connectivity index (χ4n) is 1.08. The summed E-state index contributed by atoms with van der Waals surface area (Å²) < 4.78 is 0. The smallest absolute Gasteiger partial charge is 0.180 e. The quantitative estimate of drug-likeness (QED) is 0.832. The summed E-state index contributed by atoms with van der Waals surface area (Å²) in [6.07, 6.45) is 0. The third-order valence-corrected chi connectivity index (χ3v) is 1.83. The maximum atomic E-state index is 5.96. The first kappa shape index (κ1) is 12.0. The molecular formula is C9H16ClN5. The normalized spacial score (nSPS) is 11.3. The molecule has 0 aliphatic carbocycles. The largest absolute Gasteiger partial charge is 0.375 e. The molecule has 5 nitrogen and oxygen atoms in total. The third-order valence-electron chi connectivity index (χ3n) is 1.56. The molecule has 0 radical (unpaired) electrons. The molecule has 0 amide bonds. The summed E-state index contributed by atoms with van der Waals surface area (Å²) in [6, 6.07) is 0. The number of rotatable bonds is 3. The van der Waals surface area contributed by atoms with Crippen molar-refractivity contribution in [2.24, 2.45) is 0 Å². The van der Waals surface area contributed by atoms with Crippen molar-refractivity contribution in [3.05, 3.63) is 5.15 Å². The van der Waals surface area contributed by atoms with Gasteiger partial charge in [0, 0.05) is 12.1 Å². The highest BCUT2D eigenvalue weighted by Gasteiger charge is 2.17. The molecule has 1 heterocycles. The first-order chi connectivity index (χ1) is 6.94. The van der Waals surface area contributed by atoms with Crippen LogP contribution in [-0.2, 0) is 0 Å². The van der Waals surface area contributed by atoms with E-state index in [1.54, 1.807) is 0 Å². The van der Waals surface area contributed by atoms with Crippen LogP contribution in [0, 0.1) is 0 Å². The Hall–Kier alpha value is -1.10. The van der Waals surface area contributed by atoms with Gasteiger partial charge in [0.15, 0.2) is 11.0 Å². The van der Waals surface area contributed by atoms with Crippen LogP contribution in [0.3, 0.4) is 0 Å². The van der Waals surface area contributed by atoms with Crippen molar-refractivity contribution >= 4 is 23.1 Å². The Morgan fingerprint density at radius 3 is 2.47 bits per heavy atom. The van der Waals surface area contributed by atoms with E-state index in [9.17, 15) is 0 Å². The number of nitrogens with one attached hydrogen (secondary N) is 2. The lowest BCUT2D eigenvalue weighted by molar-refractivity contribution is 0.632. The van der Waals surface area contributed by atoms with E-state index in [1.807, 2.05) is 27.7 Å². The Kier molecular flexibility index (Phi) is 3.68. The molecule has 1 rings (SSSR count). The second kappa shape index (κ2) is 4.61. The van der Waals surface area contributed by atoms with E-state index in [2.05, 4.69) is 26.0 Å². The van der Waals surface area contributed by atoms with Gasteiger partial charge in [-0.3, -0.25) is 0 Å². The summed E-state index contributed by atoms with van der Waals surface area (Å²) in [6.45, 7) is 8.86. The van der Waals surface area contributed by atoms with E-state index in [4.69, 9.17) is 11.6 Å². The van der Waals surface area contributed by atoms with Gasteiger partial charge in [-0.25, -0.2) is 0 Å². The van der Waals surface area contributed by atoms with Gasteiger partial charge in [0.1, 0.15) is 5.69 Å². The zero-order valence-corrected chi connectivity index (χ0v) is 10.2. The van der Waals surface area contributed by atoms with Crippen LogP contribution in [0.4, 0.5) is 11.5 Å². The molecule has 0 spiro atoms. The molecule has 0 saturated carbocycles. The minimum Gasteiger partial charge on any atom is -0.375 e. The van der Waals surface area contributed by atoms with Crippen LogP contribution in [-0.4, -0.2) is 27.5 Å². The average molecular weight is 230 g/mol. The van der Waals surface area contributed by atoms with Gasteiger partial charge in [-0.1, -0.05) is 11.6 Å². The van der Waals surface area contributed by atoms with Crippen LogP contribution < -0.4 is 10.6 Å². The number of nitrogens with zero attached hydrogens (tertiary/aromatic N) is 3. The van der Waals surface area contributed by atoms with Gasteiger partial charge in [0.05, 0.1) is 0 Å². The fraction of sp³-hybridized carbons (Fsp3) is 0.667. The van der Waals surface area contributed by atoms with E-state index in [0.29, 0.717) is 16.7 Å². The van der Waals surface area contributed by atoms with Crippen LogP contribution in [0.1, 0.15) is 27.7 Å². The maximum Gasteiger partial charge on any atom is 0.180 e. The topological polar surface area (TPSA) is 62.7 Å². The minimum atomic E-state index is -0.0987. The Labute approximate surface area is 94.6 Å². The first-order valence-electron chi connectivity index (χ1n) is 4.85. The van der Waals surface area contributed by atoms with Gasteiger partial charge in [0.25, 0.3) is 0 Å². The Bertz CT molecular complexity index is 334. The highest BCUT2D eigenvalue weighted by atomic mass is 35.5. The summed E-state index contributed by atoms with van der Waals surface area (Å²) in [4.78, 5) is 0. The molecule has 0 aromatic carbocycles. The Balaban J connectivity index is 3.02. The Morgan fingerprint density at radius 2 is 1.93 bits per heavy atom. The van der Waals surface area contributed by atoms with Gasteiger partial charge in [-0.05, 0) is 32.9 Å². The molecule has 15 heavy (non-hydrogen) atoms. The van der Waals surface area contributed by atoms with Crippen molar-refractivity contribution in [3.8, 4) is 0 Å². The molecule has 1 aromatic heterocycles. The molecule has 6 heteroatoms. The van der Waals surface area contributed by atoms with Crippen molar-refractivity contribution in [1.29, 1.82) is 0 Å². The Morgan fingerprint density at radius 1 is 1.27 bits per heavy atom. The third kappa shape index (κ3) is 3.51. The summed E-state index contributed by atoms with van der Waals surface area (Å²) in [5, 5.41) is 17.8. The number of hydrogen-bond donors (Lipinski definition) is 2. The SMILES string of the molecule is CCNc1nnnc(Cl)c1NC(C)(C)C. The van der Waals surface area contributed by atoms with Gasteiger partial charge < -0.3 is 10.6 Å². The number of aromatic nitrogens is 3. The molecule has 1 aromatic rings. The van der Waals surface area contributed by atoms with Crippen molar-refractivity contribution in [3.63, 3.8) is 0 Å². The predicted molar refractivity (Wildman–Crippen MR) is 62.4 cm³/mol. The van der Waals surface area contributed by atoms with Crippen molar-refractivity contribution in [1.82, 2.24) is 15.4 Å².